The van der Waals surface area contributed by atoms with Crippen molar-refractivity contribution in [2.45, 2.75) is 33.1 Å². The molecule has 0 aliphatic carbocycles. The third kappa shape index (κ3) is 2.47. The predicted octanol–water partition coefficient (Wildman–Crippen LogP) is 1.02. The molecule has 0 aromatic rings. The third-order valence-electron chi connectivity index (χ3n) is 3.04. The number of hydrogen-bond donors (Lipinski definition) is 2. The average Bonchev–Trinajstić information content (AvgIpc) is 2.29. The molecule has 2 aliphatic rings. The highest BCUT2D eigenvalue weighted by Gasteiger charge is 2.19. The molecule has 0 saturated carbocycles. The van der Waals surface area contributed by atoms with E-state index in [0.717, 1.165) is 24.6 Å². The zero-order chi connectivity index (χ0) is 11.5. The van der Waals surface area contributed by atoms with E-state index in [0.29, 0.717) is 5.92 Å². The molecule has 1 fully saturated rings. The summed E-state index contributed by atoms with van der Waals surface area (Å²) in [4.78, 5) is 2.31. The lowest BCUT2D eigenvalue weighted by atomic mass is 10.1. The maximum absolute atomic E-state index is 5.73. The molecule has 5 heteroatoms. The fraction of sp³-hybridized carbons (Fsp3) is 0.727. The summed E-state index contributed by atoms with van der Waals surface area (Å²) in [5.41, 5.74) is 4.17. The van der Waals surface area contributed by atoms with Crippen molar-refractivity contribution in [3.8, 4) is 0 Å². The Kier molecular flexibility index (Phi) is 3.33. The molecule has 16 heavy (non-hydrogen) atoms. The van der Waals surface area contributed by atoms with E-state index in [1.165, 1.54) is 24.5 Å². The second kappa shape index (κ2) is 4.74. The van der Waals surface area contributed by atoms with Gasteiger partial charge in [0.2, 0.25) is 0 Å². The maximum Gasteiger partial charge on any atom is 0.154 e. The van der Waals surface area contributed by atoms with Crippen molar-refractivity contribution in [1.82, 2.24) is 15.6 Å². The molecule has 0 aromatic heterocycles. The second-order valence-corrected chi connectivity index (χ2v) is 4.72. The van der Waals surface area contributed by atoms with E-state index < -0.39 is 0 Å². The molecular formula is C11H21N5. The molecule has 0 spiro atoms. The smallest absolute Gasteiger partial charge is 0.154 e. The summed E-state index contributed by atoms with van der Waals surface area (Å²) < 4.78 is 0. The van der Waals surface area contributed by atoms with Gasteiger partial charge in [0.1, 0.15) is 0 Å². The van der Waals surface area contributed by atoms with Crippen molar-refractivity contribution < 1.29 is 0 Å². The molecule has 2 rings (SSSR count). The van der Waals surface area contributed by atoms with Gasteiger partial charge in [0, 0.05) is 24.9 Å². The van der Waals surface area contributed by atoms with Crippen LogP contribution in [-0.2, 0) is 0 Å². The van der Waals surface area contributed by atoms with Gasteiger partial charge in [-0.15, -0.1) is 10.3 Å². The standard InChI is InChI=1S/C11H21N5/c1-9(2)10-8-11(14-16(12)13-10)15-6-4-3-5-7-15/h8-9,13H,3-7,12H2,1-2H3. The summed E-state index contributed by atoms with van der Waals surface area (Å²) in [5, 5.41) is 5.62. The van der Waals surface area contributed by atoms with Crippen LogP contribution in [0.15, 0.2) is 16.9 Å². The Bertz CT molecular complexity index is 301. The highest BCUT2D eigenvalue weighted by Crippen LogP contribution is 2.15. The van der Waals surface area contributed by atoms with Crippen molar-refractivity contribution in [3.63, 3.8) is 0 Å². The van der Waals surface area contributed by atoms with Crippen LogP contribution in [0.3, 0.4) is 0 Å². The largest absolute Gasteiger partial charge is 0.355 e. The topological polar surface area (TPSA) is 56.9 Å². The fourth-order valence-corrected chi connectivity index (χ4v) is 2.04. The van der Waals surface area contributed by atoms with Crippen LogP contribution in [0.5, 0.6) is 0 Å². The number of nitrogens with two attached hydrogens (primary N) is 1. The zero-order valence-electron chi connectivity index (χ0n) is 10.1. The molecule has 2 heterocycles. The van der Waals surface area contributed by atoms with E-state index in [1.54, 1.807) is 0 Å². The Hall–Kier alpha value is -1.23. The van der Waals surface area contributed by atoms with E-state index in [1.807, 2.05) is 0 Å². The lowest BCUT2D eigenvalue weighted by Crippen LogP contribution is -2.47. The minimum absolute atomic E-state index is 0.432. The summed E-state index contributed by atoms with van der Waals surface area (Å²) in [6, 6.07) is 0. The lowest BCUT2D eigenvalue weighted by molar-refractivity contribution is 0.205. The van der Waals surface area contributed by atoms with Crippen LogP contribution in [0.4, 0.5) is 0 Å². The molecule has 0 radical (unpaired) electrons. The van der Waals surface area contributed by atoms with E-state index in [-0.39, 0.29) is 0 Å². The molecule has 0 amide bonds. The molecule has 2 aliphatic heterocycles. The molecule has 3 N–H and O–H groups in total. The van der Waals surface area contributed by atoms with Gasteiger partial charge < -0.3 is 4.90 Å². The Morgan fingerprint density at radius 1 is 1.31 bits per heavy atom. The summed E-state index contributed by atoms with van der Waals surface area (Å²) in [5.74, 6) is 7.15. The summed E-state index contributed by atoms with van der Waals surface area (Å²) >= 11 is 0. The number of rotatable bonds is 1. The molecule has 5 nitrogen and oxygen atoms in total. The number of nitrogens with one attached hydrogen (secondary N) is 1. The first kappa shape index (κ1) is 11.3. The van der Waals surface area contributed by atoms with Gasteiger partial charge in [0.15, 0.2) is 5.84 Å². The quantitative estimate of drug-likeness (QED) is 0.652. The number of piperidine rings is 1. The fourth-order valence-electron chi connectivity index (χ4n) is 2.04. The molecule has 0 atom stereocenters. The number of allylic oxidation sites excluding steroid dienone is 1. The van der Waals surface area contributed by atoms with Crippen molar-refractivity contribution >= 4 is 5.84 Å². The van der Waals surface area contributed by atoms with Gasteiger partial charge in [-0.25, -0.2) is 5.84 Å². The van der Waals surface area contributed by atoms with Crippen LogP contribution in [-0.4, -0.2) is 29.1 Å². The minimum Gasteiger partial charge on any atom is -0.355 e. The second-order valence-electron chi connectivity index (χ2n) is 4.72. The van der Waals surface area contributed by atoms with Crippen molar-refractivity contribution in [2.24, 2.45) is 16.9 Å². The van der Waals surface area contributed by atoms with E-state index in [9.17, 15) is 0 Å². The van der Waals surface area contributed by atoms with Gasteiger partial charge in [0.25, 0.3) is 0 Å². The van der Waals surface area contributed by atoms with Gasteiger partial charge >= 0.3 is 0 Å². The molecular weight excluding hydrogens is 202 g/mol. The van der Waals surface area contributed by atoms with Gasteiger partial charge in [-0.05, 0) is 25.2 Å². The van der Waals surface area contributed by atoms with Crippen LogP contribution >= 0.6 is 0 Å². The van der Waals surface area contributed by atoms with Crippen LogP contribution in [0.1, 0.15) is 33.1 Å². The summed E-state index contributed by atoms with van der Waals surface area (Å²) in [6.45, 7) is 6.47. The normalized spacial score (nSPS) is 21.8. The summed E-state index contributed by atoms with van der Waals surface area (Å²) in [6.07, 6.45) is 5.94. The predicted molar refractivity (Wildman–Crippen MR) is 64.9 cm³/mol. The van der Waals surface area contributed by atoms with Crippen LogP contribution in [0.2, 0.25) is 0 Å². The van der Waals surface area contributed by atoms with Crippen molar-refractivity contribution in [1.29, 1.82) is 0 Å². The number of amidine groups is 1. The first-order valence-electron chi connectivity index (χ1n) is 6.03. The van der Waals surface area contributed by atoms with Crippen molar-refractivity contribution in [3.05, 3.63) is 11.8 Å². The highest BCUT2D eigenvalue weighted by atomic mass is 15.8. The highest BCUT2D eigenvalue weighted by molar-refractivity contribution is 5.93. The van der Waals surface area contributed by atoms with Gasteiger partial charge in [-0.2, -0.15) is 0 Å². The van der Waals surface area contributed by atoms with E-state index in [4.69, 9.17) is 5.84 Å². The molecule has 0 aromatic carbocycles. The van der Waals surface area contributed by atoms with Crippen molar-refractivity contribution in [2.75, 3.05) is 13.1 Å². The number of hydrogen-bond acceptors (Lipinski definition) is 5. The Balaban J connectivity index is 2.12. The van der Waals surface area contributed by atoms with Gasteiger partial charge in [-0.1, -0.05) is 13.8 Å². The SMILES string of the molecule is CC(C)C1=CC(N2CCCCC2)=NN(N)N1. The summed E-state index contributed by atoms with van der Waals surface area (Å²) in [7, 11) is 0. The Morgan fingerprint density at radius 2 is 2.00 bits per heavy atom. The zero-order valence-corrected chi connectivity index (χ0v) is 10.1. The lowest BCUT2D eigenvalue weighted by Gasteiger charge is -2.33. The number of likely N-dealkylation sites (tertiary alicyclic amines) is 1. The first-order valence-corrected chi connectivity index (χ1v) is 6.03. The average molecular weight is 223 g/mol. The monoisotopic (exact) mass is 223 g/mol. The minimum atomic E-state index is 0.432. The molecule has 90 valence electrons. The first-order chi connectivity index (χ1) is 7.66. The molecule has 0 unspecified atom stereocenters. The Morgan fingerprint density at radius 3 is 2.62 bits per heavy atom. The third-order valence-corrected chi connectivity index (χ3v) is 3.04. The van der Waals surface area contributed by atoms with Gasteiger partial charge in [0.05, 0.1) is 0 Å². The van der Waals surface area contributed by atoms with E-state index >= 15 is 0 Å². The van der Waals surface area contributed by atoms with Crippen LogP contribution in [0.25, 0.3) is 0 Å². The van der Waals surface area contributed by atoms with Gasteiger partial charge in [-0.3, -0.25) is 5.43 Å². The Labute approximate surface area is 96.9 Å². The van der Waals surface area contributed by atoms with Crippen LogP contribution < -0.4 is 11.3 Å². The molecule has 1 saturated heterocycles. The van der Waals surface area contributed by atoms with Crippen LogP contribution in [0, 0.1) is 5.92 Å². The number of hydrazine groups is 2. The number of nitrogens with zero attached hydrogens (tertiary/aromatic N) is 3. The molecule has 0 bridgehead atoms. The number of hydrazone groups is 1. The maximum atomic E-state index is 5.73. The van der Waals surface area contributed by atoms with E-state index in [2.05, 4.69) is 35.4 Å².